The first-order chi connectivity index (χ1) is 11.7. The van der Waals surface area contributed by atoms with E-state index >= 15 is 0 Å². The molecule has 0 aliphatic rings. The summed E-state index contributed by atoms with van der Waals surface area (Å²) in [6, 6.07) is 18.7. The van der Waals surface area contributed by atoms with Gasteiger partial charge in [-0.05, 0) is 41.5 Å². The molecular weight excluding hydrogens is 302 g/mol. The molecule has 0 bridgehead atoms. The van der Waals surface area contributed by atoms with Gasteiger partial charge in [0.1, 0.15) is 0 Å². The number of hydrogen-bond acceptors (Lipinski definition) is 3. The van der Waals surface area contributed by atoms with E-state index in [1.54, 1.807) is 18.3 Å². The van der Waals surface area contributed by atoms with Gasteiger partial charge in [0.2, 0.25) is 0 Å². The molecule has 5 heteroatoms. The van der Waals surface area contributed by atoms with Gasteiger partial charge in [0, 0.05) is 29.9 Å². The fourth-order valence-corrected chi connectivity index (χ4v) is 2.84. The lowest BCUT2D eigenvalue weighted by atomic mass is 10.0. The Labute approximate surface area is 138 Å². The summed E-state index contributed by atoms with van der Waals surface area (Å²) in [5, 5.41) is 12.0. The Bertz CT molecular complexity index is 1040. The van der Waals surface area contributed by atoms with Gasteiger partial charge < -0.3 is 4.57 Å². The Morgan fingerprint density at radius 1 is 0.958 bits per heavy atom. The van der Waals surface area contributed by atoms with Crippen molar-refractivity contribution in [2.45, 2.75) is 0 Å². The highest BCUT2D eigenvalue weighted by atomic mass is 16.6. The summed E-state index contributed by atoms with van der Waals surface area (Å²) in [7, 11) is 0. The SMILES string of the molecule is O=[N+]([O-])c1cccc(-c2ccc3c(ccn3-c3cccnc3)c2)c1. The molecule has 5 nitrogen and oxygen atoms in total. The van der Waals surface area contributed by atoms with Gasteiger partial charge >= 0.3 is 0 Å². The Kier molecular flexibility index (Phi) is 3.31. The van der Waals surface area contributed by atoms with Crippen molar-refractivity contribution in [3.05, 3.63) is 89.4 Å². The molecule has 116 valence electrons. The van der Waals surface area contributed by atoms with E-state index in [0.29, 0.717) is 0 Å². The van der Waals surface area contributed by atoms with Gasteiger partial charge in [-0.25, -0.2) is 0 Å². The average Bonchev–Trinajstić information content (AvgIpc) is 3.05. The van der Waals surface area contributed by atoms with Crippen LogP contribution in [-0.4, -0.2) is 14.5 Å². The molecule has 2 aromatic carbocycles. The topological polar surface area (TPSA) is 61.0 Å². The number of aromatic nitrogens is 2. The summed E-state index contributed by atoms with van der Waals surface area (Å²) < 4.78 is 2.07. The van der Waals surface area contributed by atoms with E-state index in [1.807, 2.05) is 54.9 Å². The van der Waals surface area contributed by atoms with Crippen molar-refractivity contribution in [1.82, 2.24) is 9.55 Å². The lowest BCUT2D eigenvalue weighted by Gasteiger charge is -2.06. The van der Waals surface area contributed by atoms with Crippen LogP contribution in [-0.2, 0) is 0 Å². The number of pyridine rings is 1. The molecule has 24 heavy (non-hydrogen) atoms. The third-order valence-corrected chi connectivity index (χ3v) is 4.00. The fraction of sp³-hybridized carbons (Fsp3) is 0. The summed E-state index contributed by atoms with van der Waals surface area (Å²) in [4.78, 5) is 14.7. The standard InChI is InChI=1S/C19H13N3O2/c23-22(24)17-4-1-3-14(12-17)15-6-7-19-16(11-15)8-10-21(19)18-5-2-9-20-13-18/h1-13H. The maximum absolute atomic E-state index is 11.0. The number of fused-ring (bicyclic) bond motifs is 1. The minimum Gasteiger partial charge on any atom is -0.315 e. The molecule has 0 saturated heterocycles. The van der Waals surface area contributed by atoms with Crippen molar-refractivity contribution < 1.29 is 4.92 Å². The van der Waals surface area contributed by atoms with Crippen LogP contribution in [0.5, 0.6) is 0 Å². The lowest BCUT2D eigenvalue weighted by Crippen LogP contribution is -1.92. The molecule has 4 aromatic rings. The van der Waals surface area contributed by atoms with Gasteiger partial charge in [0.05, 0.1) is 22.3 Å². The quantitative estimate of drug-likeness (QED) is 0.410. The predicted molar refractivity (Wildman–Crippen MR) is 93.2 cm³/mol. The summed E-state index contributed by atoms with van der Waals surface area (Å²) in [5.74, 6) is 0. The van der Waals surface area contributed by atoms with E-state index in [9.17, 15) is 10.1 Å². The van der Waals surface area contributed by atoms with Crippen LogP contribution >= 0.6 is 0 Å². The molecule has 0 unspecified atom stereocenters. The smallest absolute Gasteiger partial charge is 0.270 e. The third kappa shape index (κ3) is 2.42. The molecule has 0 fully saturated rings. The summed E-state index contributed by atoms with van der Waals surface area (Å²) >= 11 is 0. The van der Waals surface area contributed by atoms with Crippen molar-refractivity contribution in [1.29, 1.82) is 0 Å². The molecular formula is C19H13N3O2. The van der Waals surface area contributed by atoms with E-state index in [4.69, 9.17) is 0 Å². The molecule has 0 aliphatic carbocycles. The van der Waals surface area contributed by atoms with Crippen LogP contribution in [0, 0.1) is 10.1 Å². The summed E-state index contributed by atoms with van der Waals surface area (Å²) in [6.45, 7) is 0. The highest BCUT2D eigenvalue weighted by molar-refractivity contribution is 5.87. The second-order valence-electron chi connectivity index (χ2n) is 5.48. The van der Waals surface area contributed by atoms with Crippen LogP contribution < -0.4 is 0 Å². The molecule has 0 aliphatic heterocycles. The van der Waals surface area contributed by atoms with E-state index in [1.165, 1.54) is 6.07 Å². The number of benzene rings is 2. The van der Waals surface area contributed by atoms with Gasteiger partial charge in [-0.2, -0.15) is 0 Å². The summed E-state index contributed by atoms with van der Waals surface area (Å²) in [5.41, 5.74) is 3.95. The van der Waals surface area contributed by atoms with Crippen LogP contribution in [0.3, 0.4) is 0 Å². The third-order valence-electron chi connectivity index (χ3n) is 4.00. The second-order valence-corrected chi connectivity index (χ2v) is 5.48. The zero-order valence-electron chi connectivity index (χ0n) is 12.7. The van der Waals surface area contributed by atoms with E-state index in [2.05, 4.69) is 9.55 Å². The molecule has 0 radical (unpaired) electrons. The second kappa shape index (κ2) is 5.62. The highest BCUT2D eigenvalue weighted by Gasteiger charge is 2.09. The van der Waals surface area contributed by atoms with Crippen molar-refractivity contribution >= 4 is 16.6 Å². The number of nitro groups is 1. The molecule has 2 aromatic heterocycles. The fourth-order valence-electron chi connectivity index (χ4n) is 2.84. The molecule has 0 spiro atoms. The van der Waals surface area contributed by atoms with Crippen molar-refractivity contribution in [3.63, 3.8) is 0 Å². The Morgan fingerprint density at radius 3 is 2.62 bits per heavy atom. The first kappa shape index (κ1) is 14.1. The maximum Gasteiger partial charge on any atom is 0.270 e. The molecule has 2 heterocycles. The van der Waals surface area contributed by atoms with Crippen LogP contribution in [0.2, 0.25) is 0 Å². The van der Waals surface area contributed by atoms with Crippen LogP contribution in [0.1, 0.15) is 0 Å². The molecule has 0 N–H and O–H groups in total. The van der Waals surface area contributed by atoms with Gasteiger partial charge in [-0.3, -0.25) is 15.1 Å². The average molecular weight is 315 g/mol. The van der Waals surface area contributed by atoms with E-state index < -0.39 is 0 Å². The first-order valence-corrected chi connectivity index (χ1v) is 7.49. The van der Waals surface area contributed by atoms with Crippen molar-refractivity contribution in [3.8, 4) is 16.8 Å². The number of hydrogen-bond donors (Lipinski definition) is 0. The van der Waals surface area contributed by atoms with E-state index in [-0.39, 0.29) is 10.6 Å². The monoisotopic (exact) mass is 315 g/mol. The molecule has 0 atom stereocenters. The van der Waals surface area contributed by atoms with Gasteiger partial charge in [0.25, 0.3) is 5.69 Å². The van der Waals surface area contributed by atoms with Crippen LogP contribution in [0.15, 0.2) is 79.3 Å². The molecule has 4 rings (SSSR count). The molecule has 0 amide bonds. The normalized spacial score (nSPS) is 10.8. The minimum atomic E-state index is -0.374. The van der Waals surface area contributed by atoms with Crippen molar-refractivity contribution in [2.24, 2.45) is 0 Å². The first-order valence-electron chi connectivity index (χ1n) is 7.49. The van der Waals surface area contributed by atoms with Crippen molar-refractivity contribution in [2.75, 3.05) is 0 Å². The molecule has 0 saturated carbocycles. The Balaban J connectivity index is 1.80. The van der Waals surface area contributed by atoms with Crippen LogP contribution in [0.4, 0.5) is 5.69 Å². The van der Waals surface area contributed by atoms with Crippen LogP contribution in [0.25, 0.3) is 27.7 Å². The zero-order chi connectivity index (χ0) is 16.5. The van der Waals surface area contributed by atoms with Gasteiger partial charge in [0.15, 0.2) is 0 Å². The predicted octanol–water partition coefficient (Wildman–Crippen LogP) is 4.60. The summed E-state index contributed by atoms with van der Waals surface area (Å²) in [6.07, 6.45) is 5.56. The van der Waals surface area contributed by atoms with E-state index in [0.717, 1.165) is 27.7 Å². The Hall–Kier alpha value is -3.47. The minimum absolute atomic E-state index is 0.0977. The highest BCUT2D eigenvalue weighted by Crippen LogP contribution is 2.28. The zero-order valence-corrected chi connectivity index (χ0v) is 12.7. The Morgan fingerprint density at radius 2 is 1.83 bits per heavy atom. The number of nitro benzene ring substituents is 1. The number of rotatable bonds is 3. The van der Waals surface area contributed by atoms with Gasteiger partial charge in [-0.1, -0.05) is 18.2 Å². The number of non-ortho nitro benzene ring substituents is 1. The largest absolute Gasteiger partial charge is 0.315 e. The van der Waals surface area contributed by atoms with Gasteiger partial charge in [-0.15, -0.1) is 0 Å². The number of nitrogens with zero attached hydrogens (tertiary/aromatic N) is 3. The maximum atomic E-state index is 11.0. The lowest BCUT2D eigenvalue weighted by molar-refractivity contribution is -0.384.